The standard InChI is InChI=1S/C21H19N3O2S/c25-20(19-6-3-15-27-19)17-4-1-2-5-18(17)21(26)24-13-11-23(12-14-24)16-7-9-22-10-8-16/h1-10,15H,11-14H2. The highest BCUT2D eigenvalue weighted by Crippen LogP contribution is 2.21. The van der Waals surface area contributed by atoms with Crippen molar-refractivity contribution in [3.63, 3.8) is 0 Å². The molecule has 0 saturated carbocycles. The van der Waals surface area contributed by atoms with Gasteiger partial charge in [-0.25, -0.2) is 0 Å². The molecule has 1 aliphatic heterocycles. The van der Waals surface area contributed by atoms with Gasteiger partial charge >= 0.3 is 0 Å². The molecule has 0 radical (unpaired) electrons. The number of piperazine rings is 1. The molecule has 2 aromatic heterocycles. The maximum Gasteiger partial charge on any atom is 0.254 e. The van der Waals surface area contributed by atoms with Crippen molar-refractivity contribution in [2.45, 2.75) is 0 Å². The second-order valence-electron chi connectivity index (χ2n) is 6.34. The first-order valence-electron chi connectivity index (χ1n) is 8.85. The summed E-state index contributed by atoms with van der Waals surface area (Å²) in [4.78, 5) is 34.6. The lowest BCUT2D eigenvalue weighted by Crippen LogP contribution is -2.49. The second-order valence-corrected chi connectivity index (χ2v) is 7.28. The van der Waals surface area contributed by atoms with Crippen molar-refractivity contribution >= 4 is 28.7 Å². The van der Waals surface area contributed by atoms with Gasteiger partial charge in [0.2, 0.25) is 5.78 Å². The molecule has 0 aliphatic carbocycles. The number of anilines is 1. The summed E-state index contributed by atoms with van der Waals surface area (Å²) in [5.41, 5.74) is 2.07. The first kappa shape index (κ1) is 17.4. The molecule has 1 fully saturated rings. The van der Waals surface area contributed by atoms with E-state index in [9.17, 15) is 9.59 Å². The van der Waals surface area contributed by atoms with E-state index in [0.717, 1.165) is 18.8 Å². The van der Waals surface area contributed by atoms with Crippen molar-refractivity contribution in [3.8, 4) is 0 Å². The summed E-state index contributed by atoms with van der Waals surface area (Å²) in [6.07, 6.45) is 3.55. The van der Waals surface area contributed by atoms with Gasteiger partial charge in [0.05, 0.1) is 10.4 Å². The Morgan fingerprint density at radius 1 is 0.852 bits per heavy atom. The third-order valence-corrected chi connectivity index (χ3v) is 5.61. The molecule has 27 heavy (non-hydrogen) atoms. The maximum absolute atomic E-state index is 13.1. The van der Waals surface area contributed by atoms with Crippen LogP contribution >= 0.6 is 11.3 Å². The van der Waals surface area contributed by atoms with E-state index in [0.29, 0.717) is 29.1 Å². The molecule has 3 heterocycles. The summed E-state index contributed by atoms with van der Waals surface area (Å²) in [5, 5.41) is 1.87. The minimum absolute atomic E-state index is 0.0788. The fraction of sp³-hybridized carbons (Fsp3) is 0.190. The van der Waals surface area contributed by atoms with Crippen molar-refractivity contribution in [3.05, 3.63) is 82.3 Å². The van der Waals surface area contributed by atoms with Gasteiger partial charge < -0.3 is 9.80 Å². The number of hydrogen-bond donors (Lipinski definition) is 0. The zero-order valence-corrected chi connectivity index (χ0v) is 15.6. The lowest BCUT2D eigenvalue weighted by Gasteiger charge is -2.36. The lowest BCUT2D eigenvalue weighted by molar-refractivity contribution is 0.0742. The van der Waals surface area contributed by atoms with Gasteiger partial charge in [0.15, 0.2) is 0 Å². The van der Waals surface area contributed by atoms with Crippen molar-refractivity contribution in [1.29, 1.82) is 0 Å². The van der Waals surface area contributed by atoms with Gasteiger partial charge in [0, 0.05) is 49.8 Å². The molecule has 6 heteroatoms. The molecule has 1 aliphatic rings. The SMILES string of the molecule is O=C(c1cccs1)c1ccccc1C(=O)N1CCN(c2ccncc2)CC1. The molecule has 0 spiro atoms. The number of rotatable bonds is 4. The monoisotopic (exact) mass is 377 g/mol. The Kier molecular flexibility index (Phi) is 4.98. The third kappa shape index (κ3) is 3.61. The van der Waals surface area contributed by atoms with Gasteiger partial charge in [-0.3, -0.25) is 14.6 Å². The van der Waals surface area contributed by atoms with E-state index in [1.807, 2.05) is 34.5 Å². The zero-order chi connectivity index (χ0) is 18.6. The van der Waals surface area contributed by atoms with E-state index in [1.54, 1.807) is 36.7 Å². The van der Waals surface area contributed by atoms with Gasteiger partial charge in [-0.15, -0.1) is 11.3 Å². The molecule has 0 bridgehead atoms. The number of benzene rings is 1. The fourth-order valence-corrected chi connectivity index (χ4v) is 3.98. The largest absolute Gasteiger partial charge is 0.368 e. The lowest BCUT2D eigenvalue weighted by atomic mass is 10.0. The van der Waals surface area contributed by atoms with Crippen LogP contribution in [0.25, 0.3) is 0 Å². The molecule has 1 amide bonds. The Hall–Kier alpha value is -2.99. The highest BCUT2D eigenvalue weighted by Gasteiger charge is 2.26. The predicted octanol–water partition coefficient (Wildman–Crippen LogP) is 3.34. The smallest absolute Gasteiger partial charge is 0.254 e. The van der Waals surface area contributed by atoms with E-state index < -0.39 is 0 Å². The average Bonchev–Trinajstić information content (AvgIpc) is 3.28. The topological polar surface area (TPSA) is 53.5 Å². The molecule has 5 nitrogen and oxygen atoms in total. The van der Waals surface area contributed by atoms with Gasteiger partial charge in [0.1, 0.15) is 0 Å². The number of amides is 1. The number of nitrogens with zero attached hydrogens (tertiary/aromatic N) is 3. The average molecular weight is 377 g/mol. The van der Waals surface area contributed by atoms with Crippen LogP contribution in [0.2, 0.25) is 0 Å². The van der Waals surface area contributed by atoms with Crippen LogP contribution in [0.4, 0.5) is 5.69 Å². The molecule has 3 aromatic rings. The number of pyridine rings is 1. The predicted molar refractivity (Wildman–Crippen MR) is 107 cm³/mol. The molecule has 1 saturated heterocycles. The quantitative estimate of drug-likeness (QED) is 0.655. The molecule has 4 rings (SSSR count). The number of carbonyl (C=O) groups is 2. The van der Waals surface area contributed by atoms with E-state index >= 15 is 0 Å². The van der Waals surface area contributed by atoms with E-state index in [4.69, 9.17) is 0 Å². The number of ketones is 1. The first-order valence-corrected chi connectivity index (χ1v) is 9.73. The van der Waals surface area contributed by atoms with Crippen LogP contribution in [-0.4, -0.2) is 47.8 Å². The van der Waals surface area contributed by atoms with Gasteiger partial charge in [-0.1, -0.05) is 24.3 Å². The Labute approximate surface area is 161 Å². The van der Waals surface area contributed by atoms with Gasteiger partial charge in [-0.05, 0) is 29.6 Å². The summed E-state index contributed by atoms with van der Waals surface area (Å²) in [6, 6.07) is 14.7. The van der Waals surface area contributed by atoms with Crippen LogP contribution in [0, 0.1) is 0 Å². The molecule has 1 aromatic carbocycles. The summed E-state index contributed by atoms with van der Waals surface area (Å²) in [6.45, 7) is 2.78. The summed E-state index contributed by atoms with van der Waals surface area (Å²) >= 11 is 1.39. The van der Waals surface area contributed by atoms with E-state index in [1.165, 1.54) is 11.3 Å². The van der Waals surface area contributed by atoms with Crippen molar-refractivity contribution in [2.75, 3.05) is 31.1 Å². The van der Waals surface area contributed by atoms with Crippen molar-refractivity contribution < 1.29 is 9.59 Å². The normalized spacial score (nSPS) is 14.2. The van der Waals surface area contributed by atoms with Crippen LogP contribution in [0.1, 0.15) is 25.6 Å². The van der Waals surface area contributed by atoms with Gasteiger partial charge in [-0.2, -0.15) is 0 Å². The van der Waals surface area contributed by atoms with Crippen LogP contribution in [-0.2, 0) is 0 Å². The summed E-state index contributed by atoms with van der Waals surface area (Å²) < 4.78 is 0. The van der Waals surface area contributed by atoms with E-state index in [2.05, 4.69) is 9.88 Å². The van der Waals surface area contributed by atoms with Crippen LogP contribution < -0.4 is 4.90 Å². The summed E-state index contributed by atoms with van der Waals surface area (Å²) in [7, 11) is 0. The Morgan fingerprint density at radius 2 is 1.56 bits per heavy atom. The highest BCUT2D eigenvalue weighted by atomic mass is 32.1. The van der Waals surface area contributed by atoms with Crippen LogP contribution in [0.15, 0.2) is 66.3 Å². The van der Waals surface area contributed by atoms with Crippen molar-refractivity contribution in [2.24, 2.45) is 0 Å². The highest BCUT2D eigenvalue weighted by molar-refractivity contribution is 7.12. The maximum atomic E-state index is 13.1. The molecular formula is C21H19N3O2S. The number of hydrogen-bond acceptors (Lipinski definition) is 5. The fourth-order valence-electron chi connectivity index (χ4n) is 3.30. The van der Waals surface area contributed by atoms with Crippen molar-refractivity contribution in [1.82, 2.24) is 9.88 Å². The zero-order valence-electron chi connectivity index (χ0n) is 14.7. The minimum Gasteiger partial charge on any atom is -0.368 e. The van der Waals surface area contributed by atoms with Crippen LogP contribution in [0.5, 0.6) is 0 Å². The van der Waals surface area contributed by atoms with Crippen LogP contribution in [0.3, 0.4) is 0 Å². The molecule has 0 N–H and O–H groups in total. The number of aromatic nitrogens is 1. The second kappa shape index (κ2) is 7.72. The first-order chi connectivity index (χ1) is 13.2. The molecule has 0 atom stereocenters. The molecular weight excluding hydrogens is 358 g/mol. The molecule has 0 unspecified atom stereocenters. The third-order valence-electron chi connectivity index (χ3n) is 4.74. The minimum atomic E-state index is -0.0932. The Bertz CT molecular complexity index is 933. The number of thiophene rings is 1. The Balaban J connectivity index is 1.50. The van der Waals surface area contributed by atoms with Gasteiger partial charge in [0.25, 0.3) is 5.91 Å². The summed E-state index contributed by atoms with van der Waals surface area (Å²) in [5.74, 6) is -0.172. The number of carbonyl (C=O) groups excluding carboxylic acids is 2. The molecule has 136 valence electrons. The Morgan fingerprint density at radius 3 is 2.22 bits per heavy atom. The van der Waals surface area contributed by atoms with E-state index in [-0.39, 0.29) is 11.7 Å².